The first-order valence-electron chi connectivity index (χ1n) is 7.26. The maximum absolute atomic E-state index is 14.2. The fraction of sp³-hybridized carbons (Fsp3) is 0.0526. The van der Waals surface area contributed by atoms with Crippen molar-refractivity contribution in [3.8, 4) is 16.9 Å². The number of rotatable bonds is 4. The molecule has 6 heteroatoms. The van der Waals surface area contributed by atoms with E-state index >= 15 is 0 Å². The van der Waals surface area contributed by atoms with Gasteiger partial charge in [-0.15, -0.1) is 0 Å². The SMILES string of the molecule is Fc1cc(OCc2c(F)cc(-c3ccccc3)cc2F)cc(F)c1F. The summed E-state index contributed by atoms with van der Waals surface area (Å²) in [6.45, 7) is -0.600. The van der Waals surface area contributed by atoms with Crippen LogP contribution < -0.4 is 4.74 Å². The van der Waals surface area contributed by atoms with Crippen LogP contribution in [0.2, 0.25) is 0 Å². The highest BCUT2D eigenvalue weighted by Crippen LogP contribution is 2.26. The van der Waals surface area contributed by atoms with E-state index in [4.69, 9.17) is 4.74 Å². The van der Waals surface area contributed by atoms with E-state index in [0.717, 1.165) is 12.1 Å². The summed E-state index contributed by atoms with van der Waals surface area (Å²) in [6.07, 6.45) is 0. The van der Waals surface area contributed by atoms with Gasteiger partial charge in [0, 0.05) is 12.1 Å². The highest BCUT2D eigenvalue weighted by Gasteiger charge is 2.15. The Labute approximate surface area is 140 Å². The minimum absolute atomic E-state index is 0.346. The Morgan fingerprint density at radius 1 is 0.640 bits per heavy atom. The standard InChI is InChI=1S/C19H11F5O/c20-15-6-12(11-4-2-1-3-5-11)7-16(21)14(15)10-25-13-8-17(22)19(24)18(23)9-13/h1-9H,10H2. The minimum Gasteiger partial charge on any atom is -0.488 e. The van der Waals surface area contributed by atoms with Crippen molar-refractivity contribution >= 4 is 0 Å². The number of hydrogen-bond donors (Lipinski definition) is 0. The predicted octanol–water partition coefficient (Wildman–Crippen LogP) is 5.63. The zero-order valence-corrected chi connectivity index (χ0v) is 12.7. The molecule has 1 nitrogen and oxygen atoms in total. The fourth-order valence-corrected chi connectivity index (χ4v) is 2.31. The molecule has 0 aliphatic heterocycles. The third-order valence-corrected chi connectivity index (χ3v) is 3.59. The molecule has 25 heavy (non-hydrogen) atoms. The van der Waals surface area contributed by atoms with Crippen molar-refractivity contribution in [2.75, 3.05) is 0 Å². The average Bonchev–Trinajstić information content (AvgIpc) is 2.59. The van der Waals surface area contributed by atoms with Crippen molar-refractivity contribution < 1.29 is 26.7 Å². The second-order valence-corrected chi connectivity index (χ2v) is 5.27. The Morgan fingerprint density at radius 2 is 1.20 bits per heavy atom. The van der Waals surface area contributed by atoms with Gasteiger partial charge in [0.1, 0.15) is 24.0 Å². The molecule has 128 valence electrons. The van der Waals surface area contributed by atoms with Crippen LogP contribution in [0.3, 0.4) is 0 Å². The van der Waals surface area contributed by atoms with Crippen LogP contribution in [-0.2, 0) is 6.61 Å². The first-order valence-corrected chi connectivity index (χ1v) is 7.26. The van der Waals surface area contributed by atoms with Crippen molar-refractivity contribution in [1.82, 2.24) is 0 Å². The van der Waals surface area contributed by atoms with Gasteiger partial charge in [-0.3, -0.25) is 0 Å². The van der Waals surface area contributed by atoms with Gasteiger partial charge in [0.2, 0.25) is 0 Å². The van der Waals surface area contributed by atoms with E-state index in [1.54, 1.807) is 30.3 Å². The highest BCUT2D eigenvalue weighted by atomic mass is 19.2. The van der Waals surface area contributed by atoms with Gasteiger partial charge in [0.05, 0.1) is 5.56 Å². The van der Waals surface area contributed by atoms with Crippen LogP contribution in [-0.4, -0.2) is 0 Å². The van der Waals surface area contributed by atoms with E-state index < -0.39 is 41.3 Å². The average molecular weight is 350 g/mol. The molecule has 0 amide bonds. The zero-order valence-electron chi connectivity index (χ0n) is 12.7. The number of hydrogen-bond acceptors (Lipinski definition) is 1. The van der Waals surface area contributed by atoms with Crippen LogP contribution >= 0.6 is 0 Å². The number of benzene rings is 3. The normalized spacial score (nSPS) is 10.8. The Hall–Kier alpha value is -2.89. The molecule has 0 atom stereocenters. The molecule has 0 saturated carbocycles. The Balaban J connectivity index is 1.84. The van der Waals surface area contributed by atoms with Gasteiger partial charge in [-0.1, -0.05) is 30.3 Å². The summed E-state index contributed by atoms with van der Waals surface area (Å²) in [7, 11) is 0. The molecular formula is C19H11F5O. The Kier molecular flexibility index (Phi) is 4.70. The molecule has 0 aliphatic carbocycles. The molecule has 0 radical (unpaired) electrons. The van der Waals surface area contributed by atoms with Crippen LogP contribution in [0.25, 0.3) is 11.1 Å². The molecule has 3 aromatic rings. The van der Waals surface area contributed by atoms with Crippen molar-refractivity contribution in [1.29, 1.82) is 0 Å². The van der Waals surface area contributed by atoms with E-state index in [-0.39, 0.29) is 5.75 Å². The lowest BCUT2D eigenvalue weighted by Gasteiger charge is -2.11. The molecule has 0 fully saturated rings. The number of halogens is 5. The summed E-state index contributed by atoms with van der Waals surface area (Å²) in [5, 5.41) is 0. The van der Waals surface area contributed by atoms with E-state index in [2.05, 4.69) is 0 Å². The lowest BCUT2D eigenvalue weighted by molar-refractivity contribution is 0.287. The minimum atomic E-state index is -1.64. The molecule has 3 rings (SSSR count). The maximum atomic E-state index is 14.2. The Morgan fingerprint density at radius 3 is 1.76 bits per heavy atom. The summed E-state index contributed by atoms with van der Waals surface area (Å²) >= 11 is 0. The second-order valence-electron chi connectivity index (χ2n) is 5.27. The van der Waals surface area contributed by atoms with Crippen LogP contribution in [0.5, 0.6) is 5.75 Å². The first-order chi connectivity index (χ1) is 12.0. The highest BCUT2D eigenvalue weighted by molar-refractivity contribution is 5.63. The Bertz CT molecular complexity index is 863. The molecule has 3 aromatic carbocycles. The van der Waals surface area contributed by atoms with Crippen molar-refractivity contribution in [3.63, 3.8) is 0 Å². The van der Waals surface area contributed by atoms with Crippen molar-refractivity contribution in [3.05, 3.63) is 89.2 Å². The topological polar surface area (TPSA) is 9.23 Å². The molecule has 0 saturated heterocycles. The van der Waals surface area contributed by atoms with Crippen molar-refractivity contribution in [2.45, 2.75) is 6.61 Å². The summed E-state index contributed by atoms with van der Waals surface area (Å²) < 4.78 is 72.5. The van der Waals surface area contributed by atoms with Crippen LogP contribution in [0, 0.1) is 29.1 Å². The molecule has 0 aromatic heterocycles. The smallest absolute Gasteiger partial charge is 0.194 e. The van der Waals surface area contributed by atoms with Gasteiger partial charge in [-0.05, 0) is 23.3 Å². The van der Waals surface area contributed by atoms with E-state index in [1.165, 1.54) is 0 Å². The molecule has 0 heterocycles. The van der Waals surface area contributed by atoms with Gasteiger partial charge in [0.25, 0.3) is 0 Å². The maximum Gasteiger partial charge on any atom is 0.194 e. The van der Waals surface area contributed by atoms with Crippen LogP contribution in [0.4, 0.5) is 22.0 Å². The van der Waals surface area contributed by atoms with E-state index in [9.17, 15) is 22.0 Å². The van der Waals surface area contributed by atoms with E-state index in [0.29, 0.717) is 23.3 Å². The largest absolute Gasteiger partial charge is 0.488 e. The van der Waals surface area contributed by atoms with Crippen molar-refractivity contribution in [2.24, 2.45) is 0 Å². The van der Waals surface area contributed by atoms with Crippen LogP contribution in [0.15, 0.2) is 54.6 Å². The van der Waals surface area contributed by atoms with Gasteiger partial charge in [-0.2, -0.15) is 0 Å². The number of ether oxygens (including phenoxy) is 1. The summed E-state index contributed by atoms with van der Waals surface area (Å²) in [4.78, 5) is 0. The predicted molar refractivity (Wildman–Crippen MR) is 82.4 cm³/mol. The molecule has 0 unspecified atom stereocenters. The third-order valence-electron chi connectivity index (χ3n) is 3.59. The second kappa shape index (κ2) is 6.93. The molecule has 0 spiro atoms. The lowest BCUT2D eigenvalue weighted by Crippen LogP contribution is -2.04. The summed E-state index contributed by atoms with van der Waals surface area (Å²) in [5.74, 6) is -6.63. The molecular weight excluding hydrogens is 339 g/mol. The van der Waals surface area contributed by atoms with Gasteiger partial charge in [-0.25, -0.2) is 22.0 Å². The van der Waals surface area contributed by atoms with Gasteiger partial charge in [0.15, 0.2) is 17.5 Å². The zero-order chi connectivity index (χ0) is 18.0. The first kappa shape index (κ1) is 17.0. The monoisotopic (exact) mass is 350 g/mol. The van der Waals surface area contributed by atoms with E-state index in [1.807, 2.05) is 0 Å². The quantitative estimate of drug-likeness (QED) is 0.438. The van der Waals surface area contributed by atoms with Gasteiger partial charge < -0.3 is 4.74 Å². The third kappa shape index (κ3) is 3.63. The molecule has 0 N–H and O–H groups in total. The fourth-order valence-electron chi connectivity index (χ4n) is 2.31. The molecule has 0 aliphatic rings. The summed E-state index contributed by atoms with van der Waals surface area (Å²) in [5.41, 5.74) is 0.582. The summed E-state index contributed by atoms with van der Waals surface area (Å²) in [6, 6.07) is 12.1. The van der Waals surface area contributed by atoms with Crippen LogP contribution in [0.1, 0.15) is 5.56 Å². The molecule has 0 bridgehead atoms. The lowest BCUT2D eigenvalue weighted by atomic mass is 10.0. The van der Waals surface area contributed by atoms with Gasteiger partial charge >= 0.3 is 0 Å².